The summed E-state index contributed by atoms with van der Waals surface area (Å²) in [5.41, 5.74) is -0.827. The van der Waals surface area contributed by atoms with Gasteiger partial charge in [-0.15, -0.1) is 0 Å². The van der Waals surface area contributed by atoms with Crippen molar-refractivity contribution in [1.82, 2.24) is 14.5 Å². The Hall–Kier alpha value is -2.92. The number of aromatic nitrogens is 3. The Balaban J connectivity index is 1.53. The molecule has 1 amide bonds. The van der Waals surface area contributed by atoms with Gasteiger partial charge in [0.15, 0.2) is 10.8 Å². The predicted octanol–water partition coefficient (Wildman–Crippen LogP) is 3.72. The Morgan fingerprint density at radius 1 is 1.28 bits per heavy atom. The zero-order chi connectivity index (χ0) is 22.7. The maximum absolute atomic E-state index is 13.0. The average Bonchev–Trinajstić information content (AvgIpc) is 3.27. The van der Waals surface area contributed by atoms with Crippen molar-refractivity contribution in [3.63, 3.8) is 0 Å². The summed E-state index contributed by atoms with van der Waals surface area (Å²) >= 11 is 1.02. The van der Waals surface area contributed by atoms with E-state index in [4.69, 9.17) is 4.74 Å². The number of rotatable bonds is 6. The number of halogens is 3. The van der Waals surface area contributed by atoms with E-state index in [1.807, 2.05) is 0 Å². The van der Waals surface area contributed by atoms with Crippen molar-refractivity contribution >= 4 is 34.4 Å². The van der Waals surface area contributed by atoms with Crippen molar-refractivity contribution < 1.29 is 22.7 Å². The van der Waals surface area contributed by atoms with Crippen molar-refractivity contribution in [1.29, 1.82) is 0 Å². The molecule has 11 heteroatoms. The summed E-state index contributed by atoms with van der Waals surface area (Å²) in [5.74, 6) is -0.666. The fourth-order valence-electron chi connectivity index (χ4n) is 3.40. The van der Waals surface area contributed by atoms with Crippen LogP contribution in [0.1, 0.15) is 18.4 Å². The topological polar surface area (TPSA) is 86.1 Å². The van der Waals surface area contributed by atoms with E-state index >= 15 is 0 Å². The van der Waals surface area contributed by atoms with Gasteiger partial charge in [0.05, 0.1) is 29.4 Å². The van der Waals surface area contributed by atoms with Crippen LogP contribution < -0.4 is 10.9 Å². The summed E-state index contributed by atoms with van der Waals surface area (Å²) in [5, 5.41) is 3.12. The Bertz CT molecular complexity index is 1190. The highest BCUT2D eigenvalue weighted by atomic mass is 32.2. The molecule has 1 saturated heterocycles. The second-order valence-corrected chi connectivity index (χ2v) is 8.18. The third kappa shape index (κ3) is 5.10. The summed E-state index contributed by atoms with van der Waals surface area (Å²) in [4.78, 5) is 34.0. The first kappa shape index (κ1) is 22.3. The molecule has 1 atom stereocenters. The standard InChI is InChI=1S/C21H19F3N4O3S/c22-21(23,24)13-4-1-5-14(10-13)26-17(29)12-32-20-27-18-16(7-2-8-25-18)19(30)28(20)11-15-6-3-9-31-15/h1-2,4-5,7-8,10,15H,3,6,9,11-12H2,(H,26,29)/t15-/m1/s1. The number of anilines is 1. The number of benzene rings is 1. The summed E-state index contributed by atoms with van der Waals surface area (Å²) in [6.07, 6.45) is -1.38. The van der Waals surface area contributed by atoms with Crippen LogP contribution in [-0.2, 0) is 22.3 Å². The molecular formula is C21H19F3N4O3S. The number of thioether (sulfide) groups is 1. The van der Waals surface area contributed by atoms with Crippen LogP contribution in [-0.4, -0.2) is 38.9 Å². The van der Waals surface area contributed by atoms with Crippen LogP contribution >= 0.6 is 11.8 Å². The lowest BCUT2D eigenvalue weighted by molar-refractivity contribution is -0.137. The summed E-state index contributed by atoms with van der Waals surface area (Å²) in [7, 11) is 0. The van der Waals surface area contributed by atoms with E-state index in [2.05, 4.69) is 15.3 Å². The lowest BCUT2D eigenvalue weighted by atomic mass is 10.2. The minimum Gasteiger partial charge on any atom is -0.376 e. The molecule has 1 aromatic carbocycles. The average molecular weight is 464 g/mol. The highest BCUT2D eigenvalue weighted by Gasteiger charge is 2.30. The Morgan fingerprint density at radius 3 is 2.88 bits per heavy atom. The number of alkyl halides is 3. The third-order valence-electron chi connectivity index (χ3n) is 4.91. The molecule has 7 nitrogen and oxygen atoms in total. The minimum absolute atomic E-state index is 0.0373. The molecule has 1 aliphatic rings. The first-order chi connectivity index (χ1) is 15.3. The largest absolute Gasteiger partial charge is 0.416 e. The second kappa shape index (κ2) is 9.29. The predicted molar refractivity (Wildman–Crippen MR) is 114 cm³/mol. The van der Waals surface area contributed by atoms with Crippen LogP contribution in [0.5, 0.6) is 0 Å². The first-order valence-electron chi connectivity index (χ1n) is 9.88. The van der Waals surface area contributed by atoms with Gasteiger partial charge in [-0.3, -0.25) is 14.2 Å². The number of hydrogen-bond acceptors (Lipinski definition) is 6. The zero-order valence-corrected chi connectivity index (χ0v) is 17.6. The van der Waals surface area contributed by atoms with E-state index in [0.717, 1.165) is 36.7 Å². The van der Waals surface area contributed by atoms with E-state index in [-0.39, 0.29) is 28.8 Å². The van der Waals surface area contributed by atoms with Crippen molar-refractivity contribution in [2.75, 3.05) is 17.7 Å². The highest BCUT2D eigenvalue weighted by molar-refractivity contribution is 7.99. The molecular weight excluding hydrogens is 445 g/mol. The maximum Gasteiger partial charge on any atom is 0.416 e. The number of hydrogen-bond donors (Lipinski definition) is 1. The molecule has 168 valence electrons. The van der Waals surface area contributed by atoms with Gasteiger partial charge in [-0.05, 0) is 43.2 Å². The SMILES string of the molecule is O=C(CSc1nc2ncccc2c(=O)n1C[C@H]1CCCO1)Nc1cccc(C(F)(F)F)c1. The van der Waals surface area contributed by atoms with Crippen LogP contribution in [0, 0.1) is 0 Å². The van der Waals surface area contributed by atoms with E-state index in [9.17, 15) is 22.8 Å². The van der Waals surface area contributed by atoms with Crippen molar-refractivity contribution in [2.45, 2.75) is 36.8 Å². The fraction of sp³-hybridized carbons (Fsp3) is 0.333. The summed E-state index contributed by atoms with van der Waals surface area (Å²) in [6, 6.07) is 7.69. The fourth-order valence-corrected chi connectivity index (χ4v) is 4.20. The van der Waals surface area contributed by atoms with Gasteiger partial charge in [0.2, 0.25) is 5.91 Å². The first-order valence-corrected chi connectivity index (χ1v) is 10.9. The van der Waals surface area contributed by atoms with Crippen LogP contribution in [0.25, 0.3) is 11.0 Å². The molecule has 1 aliphatic heterocycles. The Labute approximate surface area is 185 Å². The number of carbonyl (C=O) groups excluding carboxylic acids is 1. The van der Waals surface area contributed by atoms with Gasteiger partial charge >= 0.3 is 6.18 Å². The minimum atomic E-state index is -4.50. The van der Waals surface area contributed by atoms with Crippen molar-refractivity contribution in [3.8, 4) is 0 Å². The maximum atomic E-state index is 13.0. The van der Waals surface area contributed by atoms with Crippen molar-refractivity contribution in [3.05, 3.63) is 58.5 Å². The number of nitrogens with zero attached hydrogens (tertiary/aromatic N) is 3. The number of fused-ring (bicyclic) bond motifs is 1. The lowest BCUT2D eigenvalue weighted by Gasteiger charge is -2.16. The van der Waals surface area contributed by atoms with Crippen LogP contribution in [0.3, 0.4) is 0 Å². The molecule has 0 radical (unpaired) electrons. The van der Waals surface area contributed by atoms with E-state index in [1.54, 1.807) is 12.1 Å². The number of pyridine rings is 1. The monoisotopic (exact) mass is 464 g/mol. The van der Waals surface area contributed by atoms with Gasteiger partial charge in [-0.25, -0.2) is 9.97 Å². The van der Waals surface area contributed by atoms with Gasteiger partial charge in [0.1, 0.15) is 0 Å². The summed E-state index contributed by atoms with van der Waals surface area (Å²) in [6.45, 7) is 0.929. The molecule has 0 aliphatic carbocycles. The molecule has 3 aromatic rings. The Morgan fingerprint density at radius 2 is 2.12 bits per heavy atom. The number of nitrogens with one attached hydrogen (secondary N) is 1. The molecule has 3 heterocycles. The number of amides is 1. The van der Waals surface area contributed by atoms with Gasteiger partial charge in [-0.2, -0.15) is 13.2 Å². The Kier molecular flexibility index (Phi) is 6.47. The molecule has 0 unspecified atom stereocenters. The molecule has 4 rings (SSSR count). The van der Waals surface area contributed by atoms with Crippen LogP contribution in [0.4, 0.5) is 18.9 Å². The van der Waals surface area contributed by atoms with Gasteiger partial charge in [0.25, 0.3) is 5.56 Å². The molecule has 1 fully saturated rings. The molecule has 0 bridgehead atoms. The van der Waals surface area contributed by atoms with Gasteiger partial charge in [-0.1, -0.05) is 17.8 Å². The molecule has 0 saturated carbocycles. The van der Waals surface area contributed by atoms with Crippen molar-refractivity contribution in [2.24, 2.45) is 0 Å². The zero-order valence-electron chi connectivity index (χ0n) is 16.8. The molecule has 2 aromatic heterocycles. The molecule has 32 heavy (non-hydrogen) atoms. The number of carbonyl (C=O) groups is 1. The van der Waals surface area contributed by atoms with E-state index in [0.29, 0.717) is 23.7 Å². The van der Waals surface area contributed by atoms with E-state index < -0.39 is 17.6 Å². The van der Waals surface area contributed by atoms with Crippen LogP contribution in [0.15, 0.2) is 52.5 Å². The van der Waals surface area contributed by atoms with Gasteiger partial charge in [0, 0.05) is 18.5 Å². The van der Waals surface area contributed by atoms with E-state index in [1.165, 1.54) is 22.9 Å². The molecule has 1 N–H and O–H groups in total. The highest BCUT2D eigenvalue weighted by Crippen LogP contribution is 2.30. The summed E-state index contributed by atoms with van der Waals surface area (Å²) < 4.78 is 45.7. The van der Waals surface area contributed by atoms with Crippen LogP contribution in [0.2, 0.25) is 0 Å². The quantitative estimate of drug-likeness (QED) is 0.442. The third-order valence-corrected chi connectivity index (χ3v) is 5.89. The van der Waals surface area contributed by atoms with Gasteiger partial charge < -0.3 is 10.1 Å². The normalized spacial score (nSPS) is 16.4. The number of ether oxygens (including phenoxy) is 1. The second-order valence-electron chi connectivity index (χ2n) is 7.24. The lowest BCUT2D eigenvalue weighted by Crippen LogP contribution is -2.29. The molecule has 0 spiro atoms. The smallest absolute Gasteiger partial charge is 0.376 e.